The van der Waals surface area contributed by atoms with Crippen molar-refractivity contribution in [3.8, 4) is 5.75 Å². The van der Waals surface area contributed by atoms with Gasteiger partial charge in [0.15, 0.2) is 5.78 Å². The Hall–Kier alpha value is -1.32. The van der Waals surface area contributed by atoms with E-state index in [0.717, 1.165) is 21.2 Å². The quantitative estimate of drug-likeness (QED) is 0.691. The highest BCUT2D eigenvalue weighted by atomic mass is 79.9. The van der Waals surface area contributed by atoms with Crippen LogP contribution in [-0.4, -0.2) is 12.9 Å². The molecule has 0 aliphatic rings. The molecular formula is C17H16BrClO2. The fourth-order valence-electron chi connectivity index (χ4n) is 2.32. The molecule has 0 N–H and O–H groups in total. The third-order valence-electron chi connectivity index (χ3n) is 3.51. The molecule has 2 aromatic rings. The van der Waals surface area contributed by atoms with Crippen LogP contribution < -0.4 is 4.74 Å². The molecule has 4 heteroatoms. The normalized spacial score (nSPS) is 10.6. The van der Waals surface area contributed by atoms with Crippen molar-refractivity contribution in [2.45, 2.75) is 20.8 Å². The number of benzene rings is 2. The van der Waals surface area contributed by atoms with E-state index >= 15 is 0 Å². The molecule has 2 aromatic carbocycles. The Bertz CT molecular complexity index is 723. The smallest absolute Gasteiger partial charge is 0.197 e. The van der Waals surface area contributed by atoms with E-state index in [1.165, 1.54) is 0 Å². The number of aryl methyl sites for hydroxylation is 2. The maximum atomic E-state index is 12.9. The summed E-state index contributed by atoms with van der Waals surface area (Å²) in [6.07, 6.45) is 0. The molecule has 0 atom stereocenters. The Morgan fingerprint density at radius 2 is 1.81 bits per heavy atom. The molecular weight excluding hydrogens is 352 g/mol. The third kappa shape index (κ3) is 2.99. The van der Waals surface area contributed by atoms with Gasteiger partial charge in [-0.1, -0.05) is 27.5 Å². The van der Waals surface area contributed by atoms with Gasteiger partial charge in [0, 0.05) is 15.1 Å². The van der Waals surface area contributed by atoms with Crippen molar-refractivity contribution in [3.63, 3.8) is 0 Å². The molecule has 2 rings (SSSR count). The molecule has 21 heavy (non-hydrogen) atoms. The summed E-state index contributed by atoms with van der Waals surface area (Å²) in [6, 6.07) is 7.25. The molecule has 0 aliphatic heterocycles. The third-order valence-corrected chi connectivity index (χ3v) is 4.76. The van der Waals surface area contributed by atoms with Crippen LogP contribution in [0, 0.1) is 20.8 Å². The maximum Gasteiger partial charge on any atom is 0.197 e. The minimum atomic E-state index is -0.0616. The summed E-state index contributed by atoms with van der Waals surface area (Å²) in [5.74, 6) is 0.557. The number of ketones is 1. The van der Waals surface area contributed by atoms with Crippen LogP contribution in [0.4, 0.5) is 0 Å². The van der Waals surface area contributed by atoms with Crippen LogP contribution in [0.5, 0.6) is 5.75 Å². The zero-order chi connectivity index (χ0) is 15.7. The predicted molar refractivity (Wildman–Crippen MR) is 89.8 cm³/mol. The number of methoxy groups -OCH3 is 1. The molecule has 0 fully saturated rings. The molecule has 0 unspecified atom stereocenters. The topological polar surface area (TPSA) is 26.3 Å². The highest BCUT2D eigenvalue weighted by Crippen LogP contribution is 2.34. The second kappa shape index (κ2) is 6.20. The molecule has 0 saturated carbocycles. The number of hydrogen-bond donors (Lipinski definition) is 0. The molecule has 110 valence electrons. The molecule has 0 saturated heterocycles. The van der Waals surface area contributed by atoms with E-state index in [0.29, 0.717) is 21.9 Å². The first-order valence-electron chi connectivity index (χ1n) is 6.51. The van der Waals surface area contributed by atoms with Gasteiger partial charge in [-0.2, -0.15) is 0 Å². The fourth-order valence-corrected chi connectivity index (χ4v) is 2.98. The Labute approximate surface area is 138 Å². The van der Waals surface area contributed by atoms with E-state index in [9.17, 15) is 4.79 Å². The van der Waals surface area contributed by atoms with Gasteiger partial charge in [-0.3, -0.25) is 4.79 Å². The van der Waals surface area contributed by atoms with Gasteiger partial charge in [0.05, 0.1) is 12.7 Å². The molecule has 0 aromatic heterocycles. The van der Waals surface area contributed by atoms with Crippen molar-refractivity contribution in [2.75, 3.05) is 7.11 Å². The van der Waals surface area contributed by atoms with Crippen molar-refractivity contribution in [1.82, 2.24) is 0 Å². The lowest BCUT2D eigenvalue weighted by Crippen LogP contribution is -2.08. The molecule has 0 heterocycles. The van der Waals surface area contributed by atoms with Crippen molar-refractivity contribution < 1.29 is 9.53 Å². The van der Waals surface area contributed by atoms with Gasteiger partial charge in [0.2, 0.25) is 0 Å². The fraction of sp³-hybridized carbons (Fsp3) is 0.235. The summed E-state index contributed by atoms with van der Waals surface area (Å²) in [7, 11) is 1.58. The average Bonchev–Trinajstić information content (AvgIpc) is 2.44. The number of halogens is 2. The van der Waals surface area contributed by atoms with E-state index in [-0.39, 0.29) is 5.78 Å². The second-order valence-corrected chi connectivity index (χ2v) is 6.26. The Kier molecular flexibility index (Phi) is 4.74. The summed E-state index contributed by atoms with van der Waals surface area (Å²) >= 11 is 9.53. The van der Waals surface area contributed by atoms with Gasteiger partial charge in [0.1, 0.15) is 5.75 Å². The van der Waals surface area contributed by atoms with Crippen LogP contribution in [0.25, 0.3) is 0 Å². The van der Waals surface area contributed by atoms with Gasteiger partial charge in [-0.15, -0.1) is 0 Å². The zero-order valence-corrected chi connectivity index (χ0v) is 14.7. The van der Waals surface area contributed by atoms with Crippen molar-refractivity contribution in [1.29, 1.82) is 0 Å². The van der Waals surface area contributed by atoms with Crippen LogP contribution in [0.2, 0.25) is 5.02 Å². The molecule has 0 radical (unpaired) electrons. The van der Waals surface area contributed by atoms with E-state index in [4.69, 9.17) is 16.3 Å². The highest BCUT2D eigenvalue weighted by molar-refractivity contribution is 9.10. The number of carbonyl (C=O) groups is 1. The molecule has 0 amide bonds. The Morgan fingerprint density at radius 1 is 1.14 bits per heavy atom. The van der Waals surface area contributed by atoms with E-state index < -0.39 is 0 Å². The SMILES string of the molecule is COc1c(C)cc(Br)c(C)c1C(=O)c1ccc(Cl)c(C)c1. The summed E-state index contributed by atoms with van der Waals surface area (Å²) in [5, 5.41) is 0.653. The largest absolute Gasteiger partial charge is 0.496 e. The standard InChI is InChI=1S/C17H16BrClO2/c1-9-7-12(5-6-14(9)19)16(20)15-11(3)13(18)8-10(2)17(15)21-4/h5-8H,1-4H3. The lowest BCUT2D eigenvalue weighted by molar-refractivity contribution is 0.103. The van der Waals surface area contributed by atoms with Gasteiger partial charge < -0.3 is 4.74 Å². The molecule has 2 nitrogen and oxygen atoms in total. The Morgan fingerprint density at radius 3 is 2.38 bits per heavy atom. The summed E-state index contributed by atoms with van der Waals surface area (Å²) in [4.78, 5) is 12.9. The van der Waals surface area contributed by atoms with Gasteiger partial charge in [0.25, 0.3) is 0 Å². The van der Waals surface area contributed by atoms with Crippen molar-refractivity contribution in [2.24, 2.45) is 0 Å². The summed E-state index contributed by atoms with van der Waals surface area (Å²) < 4.78 is 6.34. The van der Waals surface area contributed by atoms with Gasteiger partial charge in [-0.25, -0.2) is 0 Å². The van der Waals surface area contributed by atoms with Crippen LogP contribution in [0.3, 0.4) is 0 Å². The van der Waals surface area contributed by atoms with E-state index in [1.54, 1.807) is 25.3 Å². The molecule has 0 aliphatic carbocycles. The minimum Gasteiger partial charge on any atom is -0.496 e. The van der Waals surface area contributed by atoms with Crippen molar-refractivity contribution >= 4 is 33.3 Å². The summed E-state index contributed by atoms with van der Waals surface area (Å²) in [6.45, 7) is 5.71. The Balaban J connectivity index is 2.65. The lowest BCUT2D eigenvalue weighted by atomic mass is 9.95. The number of carbonyl (C=O) groups excluding carboxylic acids is 1. The van der Waals surface area contributed by atoms with E-state index in [1.807, 2.05) is 26.8 Å². The average molecular weight is 368 g/mol. The van der Waals surface area contributed by atoms with Crippen LogP contribution in [-0.2, 0) is 0 Å². The van der Waals surface area contributed by atoms with Crippen LogP contribution >= 0.6 is 27.5 Å². The summed E-state index contributed by atoms with van der Waals surface area (Å²) in [5.41, 5.74) is 3.87. The second-order valence-electron chi connectivity index (χ2n) is 5.00. The first kappa shape index (κ1) is 16.1. The first-order valence-corrected chi connectivity index (χ1v) is 7.68. The highest BCUT2D eigenvalue weighted by Gasteiger charge is 2.21. The molecule has 0 spiro atoms. The van der Waals surface area contributed by atoms with Crippen LogP contribution in [0.15, 0.2) is 28.7 Å². The predicted octanol–water partition coefficient (Wildman–Crippen LogP) is 5.27. The monoisotopic (exact) mass is 366 g/mol. The molecule has 0 bridgehead atoms. The minimum absolute atomic E-state index is 0.0616. The van der Waals surface area contributed by atoms with Crippen molar-refractivity contribution in [3.05, 3.63) is 61.6 Å². The lowest BCUT2D eigenvalue weighted by Gasteiger charge is -2.15. The van der Waals surface area contributed by atoms with Gasteiger partial charge >= 0.3 is 0 Å². The number of ether oxygens (including phenoxy) is 1. The van der Waals surface area contributed by atoms with Gasteiger partial charge in [-0.05, 0) is 61.7 Å². The van der Waals surface area contributed by atoms with Crippen LogP contribution in [0.1, 0.15) is 32.6 Å². The van der Waals surface area contributed by atoms with E-state index in [2.05, 4.69) is 15.9 Å². The maximum absolute atomic E-state index is 12.9. The zero-order valence-electron chi connectivity index (χ0n) is 12.4. The number of hydrogen-bond acceptors (Lipinski definition) is 2. The first-order chi connectivity index (χ1) is 9.86. The number of rotatable bonds is 3.